The molecule has 4 aromatic rings. The Kier molecular flexibility index (Phi) is 5.24. The second-order valence-electron chi connectivity index (χ2n) is 7.28. The second kappa shape index (κ2) is 8.35. The van der Waals surface area contributed by atoms with Crippen LogP contribution in [0.4, 0.5) is 10.3 Å². The first kappa shape index (κ1) is 20.1. The Morgan fingerprint density at radius 2 is 1.94 bits per heavy atom. The van der Waals surface area contributed by atoms with E-state index in [-0.39, 0.29) is 12.4 Å². The Bertz CT molecular complexity index is 1300. The van der Waals surface area contributed by atoms with Gasteiger partial charge in [-0.05, 0) is 57.6 Å². The minimum Gasteiger partial charge on any atom is -0.457 e. The summed E-state index contributed by atoms with van der Waals surface area (Å²) in [5.74, 6) is -0.329. The monoisotopic (exact) mass is 447 g/mol. The molecule has 0 bridgehead atoms. The number of anilines is 1. The van der Waals surface area contributed by atoms with E-state index in [4.69, 9.17) is 4.74 Å². The molecule has 0 radical (unpaired) electrons. The number of fused-ring (bicyclic) bond motifs is 1. The topological polar surface area (TPSA) is 81.9 Å². The molecule has 0 fully saturated rings. The number of ether oxygens (including phenoxy) is 1. The Balaban J connectivity index is 1.54. The Labute approximate surface area is 187 Å². The lowest BCUT2D eigenvalue weighted by Gasteiger charge is -2.27. The molecular weight excluding hydrogens is 429 g/mol. The van der Waals surface area contributed by atoms with Crippen molar-refractivity contribution in [3.63, 3.8) is 0 Å². The number of benzene rings is 2. The third-order valence-electron chi connectivity index (χ3n) is 5.25. The van der Waals surface area contributed by atoms with E-state index in [9.17, 15) is 9.18 Å². The molecule has 7 nitrogen and oxygen atoms in total. The lowest BCUT2D eigenvalue weighted by molar-refractivity contribution is -0.140. The Hall–Kier alpha value is -3.85. The molecule has 2 aromatic carbocycles. The number of allylic oxidation sites excluding steroid dienone is 1. The average molecular weight is 447 g/mol. The first-order valence-electron chi connectivity index (χ1n) is 9.92. The smallest absolute Gasteiger partial charge is 0.338 e. The number of nitrogens with one attached hydrogen (secondary N) is 1. The highest BCUT2D eigenvalue weighted by Gasteiger charge is 2.37. The van der Waals surface area contributed by atoms with Gasteiger partial charge in [0.05, 0.1) is 5.57 Å². The maximum absolute atomic E-state index is 13.5. The molecule has 2 aromatic heterocycles. The SMILES string of the molecule is CC1=C(C(=O)OCc2ccccc2)C(c2sccc2-c2ccc(F)cc2)n2nnnc2N1. The Morgan fingerprint density at radius 1 is 1.16 bits per heavy atom. The number of hydrogen-bond acceptors (Lipinski definition) is 7. The summed E-state index contributed by atoms with van der Waals surface area (Å²) in [6.07, 6.45) is 0. The van der Waals surface area contributed by atoms with Crippen LogP contribution in [-0.2, 0) is 16.1 Å². The highest BCUT2D eigenvalue weighted by molar-refractivity contribution is 7.10. The van der Waals surface area contributed by atoms with Gasteiger partial charge in [-0.25, -0.2) is 9.18 Å². The van der Waals surface area contributed by atoms with Crippen molar-refractivity contribution < 1.29 is 13.9 Å². The van der Waals surface area contributed by atoms with Gasteiger partial charge >= 0.3 is 5.97 Å². The predicted octanol–water partition coefficient (Wildman–Crippen LogP) is 4.57. The molecule has 1 N–H and O–H groups in total. The molecule has 3 heterocycles. The molecule has 0 spiro atoms. The summed E-state index contributed by atoms with van der Waals surface area (Å²) in [7, 11) is 0. The zero-order valence-corrected chi connectivity index (χ0v) is 17.8. The third-order valence-corrected chi connectivity index (χ3v) is 6.21. The van der Waals surface area contributed by atoms with Crippen LogP contribution in [0.2, 0.25) is 0 Å². The number of nitrogens with zero attached hydrogens (tertiary/aromatic N) is 4. The second-order valence-corrected chi connectivity index (χ2v) is 8.23. The van der Waals surface area contributed by atoms with Crippen LogP contribution in [-0.4, -0.2) is 26.2 Å². The summed E-state index contributed by atoms with van der Waals surface area (Å²) in [6.45, 7) is 1.95. The number of hydrogen-bond donors (Lipinski definition) is 1. The molecular formula is C23H18FN5O2S. The van der Waals surface area contributed by atoms with Crippen molar-refractivity contribution in [2.45, 2.75) is 19.6 Å². The van der Waals surface area contributed by atoms with Gasteiger partial charge in [0.1, 0.15) is 18.5 Å². The molecule has 5 rings (SSSR count). The van der Waals surface area contributed by atoms with E-state index in [1.165, 1.54) is 23.5 Å². The van der Waals surface area contributed by atoms with Gasteiger partial charge in [-0.2, -0.15) is 4.68 Å². The van der Waals surface area contributed by atoms with E-state index in [0.29, 0.717) is 17.2 Å². The number of halogens is 1. The minimum atomic E-state index is -0.579. The molecule has 0 aliphatic carbocycles. The quantitative estimate of drug-likeness (QED) is 0.451. The van der Waals surface area contributed by atoms with Gasteiger partial charge in [0.2, 0.25) is 5.95 Å². The summed E-state index contributed by atoms with van der Waals surface area (Å²) in [5.41, 5.74) is 3.65. The van der Waals surface area contributed by atoms with Crippen LogP contribution in [0, 0.1) is 5.82 Å². The molecule has 9 heteroatoms. The van der Waals surface area contributed by atoms with Crippen LogP contribution in [0.25, 0.3) is 11.1 Å². The van der Waals surface area contributed by atoms with Gasteiger partial charge < -0.3 is 10.1 Å². The fourth-order valence-corrected chi connectivity index (χ4v) is 4.73. The van der Waals surface area contributed by atoms with Gasteiger partial charge in [0, 0.05) is 10.6 Å². The van der Waals surface area contributed by atoms with Gasteiger partial charge in [-0.15, -0.1) is 11.3 Å². The van der Waals surface area contributed by atoms with Crippen molar-refractivity contribution in [3.8, 4) is 11.1 Å². The van der Waals surface area contributed by atoms with Gasteiger partial charge in [0.15, 0.2) is 0 Å². The zero-order valence-electron chi connectivity index (χ0n) is 17.0. The molecule has 1 atom stereocenters. The first-order chi connectivity index (χ1) is 15.6. The highest BCUT2D eigenvalue weighted by Crippen LogP contribution is 2.42. The fraction of sp³-hybridized carbons (Fsp3) is 0.130. The predicted molar refractivity (Wildman–Crippen MR) is 118 cm³/mol. The summed E-state index contributed by atoms with van der Waals surface area (Å²) < 4.78 is 20.7. The van der Waals surface area contributed by atoms with Crippen molar-refractivity contribution in [2.24, 2.45) is 0 Å². The standard InChI is InChI=1S/C23H18FN5O2S/c1-14-19(22(30)31-13-15-5-3-2-4-6-15)20(29-23(25-14)26-27-28-29)21-18(11-12-32-21)16-7-9-17(24)10-8-16/h2-12,20H,13H2,1H3,(H,25,26,28). The number of esters is 1. The molecule has 1 aliphatic rings. The molecule has 160 valence electrons. The van der Waals surface area contributed by atoms with Crippen LogP contribution in [0.3, 0.4) is 0 Å². The van der Waals surface area contributed by atoms with Crippen LogP contribution < -0.4 is 5.32 Å². The lowest BCUT2D eigenvalue weighted by atomic mass is 9.96. The molecule has 0 amide bonds. The van der Waals surface area contributed by atoms with E-state index in [1.807, 2.05) is 41.8 Å². The summed E-state index contributed by atoms with van der Waals surface area (Å²) in [4.78, 5) is 14.1. The van der Waals surface area contributed by atoms with E-state index in [1.54, 1.807) is 23.7 Å². The van der Waals surface area contributed by atoms with E-state index in [0.717, 1.165) is 21.6 Å². The van der Waals surface area contributed by atoms with Crippen molar-refractivity contribution in [1.29, 1.82) is 0 Å². The van der Waals surface area contributed by atoms with Crippen LogP contribution >= 0.6 is 11.3 Å². The van der Waals surface area contributed by atoms with Crippen molar-refractivity contribution in [2.75, 3.05) is 5.32 Å². The number of aromatic nitrogens is 4. The number of carbonyl (C=O) groups excluding carboxylic acids is 1. The fourth-order valence-electron chi connectivity index (χ4n) is 3.72. The van der Waals surface area contributed by atoms with E-state index < -0.39 is 12.0 Å². The molecule has 32 heavy (non-hydrogen) atoms. The highest BCUT2D eigenvalue weighted by atomic mass is 32.1. The minimum absolute atomic E-state index is 0.154. The third kappa shape index (κ3) is 3.67. The van der Waals surface area contributed by atoms with Crippen LogP contribution in [0.1, 0.15) is 23.4 Å². The summed E-state index contributed by atoms with van der Waals surface area (Å²) >= 11 is 1.48. The normalized spacial score (nSPS) is 15.2. The van der Waals surface area contributed by atoms with Crippen LogP contribution in [0.15, 0.2) is 77.3 Å². The van der Waals surface area contributed by atoms with Crippen molar-refractivity contribution >= 4 is 23.3 Å². The first-order valence-corrected chi connectivity index (χ1v) is 10.8. The molecule has 0 saturated heterocycles. The number of tetrazole rings is 1. The molecule has 1 unspecified atom stereocenters. The number of thiophene rings is 1. The molecule has 1 aliphatic heterocycles. The summed E-state index contributed by atoms with van der Waals surface area (Å²) in [5, 5.41) is 17.0. The van der Waals surface area contributed by atoms with E-state index >= 15 is 0 Å². The van der Waals surface area contributed by atoms with Crippen molar-refractivity contribution in [1.82, 2.24) is 20.2 Å². The van der Waals surface area contributed by atoms with Gasteiger partial charge in [0.25, 0.3) is 0 Å². The largest absolute Gasteiger partial charge is 0.457 e. The number of carbonyl (C=O) groups is 1. The summed E-state index contributed by atoms with van der Waals surface area (Å²) in [6, 6.07) is 17.1. The van der Waals surface area contributed by atoms with Gasteiger partial charge in [-0.3, -0.25) is 0 Å². The van der Waals surface area contributed by atoms with E-state index in [2.05, 4.69) is 20.8 Å². The lowest BCUT2D eigenvalue weighted by Crippen LogP contribution is -2.29. The maximum Gasteiger partial charge on any atom is 0.338 e. The van der Waals surface area contributed by atoms with Gasteiger partial charge in [-0.1, -0.05) is 47.6 Å². The zero-order chi connectivity index (χ0) is 22.1. The maximum atomic E-state index is 13.5. The molecule has 0 saturated carbocycles. The van der Waals surface area contributed by atoms with Crippen molar-refractivity contribution in [3.05, 3.63) is 93.6 Å². The average Bonchev–Trinajstić information content (AvgIpc) is 3.47. The number of rotatable bonds is 5. The van der Waals surface area contributed by atoms with Crippen LogP contribution in [0.5, 0.6) is 0 Å². The Morgan fingerprint density at radius 3 is 2.72 bits per heavy atom.